The van der Waals surface area contributed by atoms with Crippen LogP contribution in [-0.2, 0) is 17.2 Å². The van der Waals surface area contributed by atoms with Gasteiger partial charge in [0, 0.05) is 28.5 Å². The zero-order chi connectivity index (χ0) is 22.8. The maximum Gasteiger partial charge on any atom is 0.269 e. The van der Waals surface area contributed by atoms with Crippen LogP contribution in [0.4, 0.5) is 5.69 Å². The summed E-state index contributed by atoms with van der Waals surface area (Å²) in [4.78, 5) is 22.3. The summed E-state index contributed by atoms with van der Waals surface area (Å²) in [6.45, 7) is 0.372. The Bertz CT molecular complexity index is 1110. The number of rotatable bonds is 10. The molecule has 0 radical (unpaired) electrons. The van der Waals surface area contributed by atoms with E-state index in [0.29, 0.717) is 23.1 Å². The molecule has 1 amide bonds. The molecule has 0 saturated heterocycles. The van der Waals surface area contributed by atoms with E-state index in [4.69, 9.17) is 16.3 Å². The number of thioether (sulfide) groups is 1. The third kappa shape index (κ3) is 7.40. The van der Waals surface area contributed by atoms with Crippen LogP contribution in [0.3, 0.4) is 0 Å². The Kier molecular flexibility index (Phi) is 8.65. The van der Waals surface area contributed by atoms with Gasteiger partial charge in [0.15, 0.2) is 0 Å². The maximum absolute atomic E-state index is 11.9. The molecule has 0 fully saturated rings. The lowest BCUT2D eigenvalue weighted by atomic mass is 10.2. The number of non-ortho nitro benzene ring substituents is 1. The number of halogens is 1. The van der Waals surface area contributed by atoms with Gasteiger partial charge in [-0.2, -0.15) is 5.10 Å². The molecule has 0 aromatic heterocycles. The Labute approximate surface area is 194 Å². The molecule has 3 rings (SSSR count). The Morgan fingerprint density at radius 3 is 2.66 bits per heavy atom. The molecule has 164 valence electrons. The molecular formula is C23H20ClN3O4S. The molecule has 0 spiro atoms. The lowest BCUT2D eigenvalue weighted by Gasteiger charge is -2.07. The van der Waals surface area contributed by atoms with E-state index in [-0.39, 0.29) is 17.3 Å². The second kappa shape index (κ2) is 11.9. The number of nitrogens with zero attached hydrogens (tertiary/aromatic N) is 2. The molecule has 7 nitrogen and oxygen atoms in total. The van der Waals surface area contributed by atoms with Crippen LogP contribution >= 0.6 is 23.4 Å². The maximum atomic E-state index is 11.9. The molecule has 32 heavy (non-hydrogen) atoms. The van der Waals surface area contributed by atoms with Gasteiger partial charge in [-0.15, -0.1) is 11.8 Å². The second-order valence-corrected chi connectivity index (χ2v) is 8.05. The summed E-state index contributed by atoms with van der Waals surface area (Å²) in [5.41, 5.74) is 5.01. The zero-order valence-corrected chi connectivity index (χ0v) is 18.5. The molecule has 0 atom stereocenters. The number of hydrogen-bond acceptors (Lipinski definition) is 6. The van der Waals surface area contributed by atoms with Crippen molar-refractivity contribution in [2.24, 2.45) is 5.10 Å². The van der Waals surface area contributed by atoms with Gasteiger partial charge in [0.25, 0.3) is 5.69 Å². The van der Waals surface area contributed by atoms with Crippen molar-refractivity contribution < 1.29 is 14.5 Å². The molecule has 0 saturated carbocycles. The third-order valence-corrected chi connectivity index (χ3v) is 5.63. The van der Waals surface area contributed by atoms with E-state index in [9.17, 15) is 14.9 Å². The third-order valence-electron chi connectivity index (χ3n) is 4.26. The van der Waals surface area contributed by atoms with Crippen LogP contribution in [0.1, 0.15) is 16.7 Å². The highest BCUT2D eigenvalue weighted by molar-refractivity contribution is 7.99. The molecule has 1 N–H and O–H groups in total. The number of nitrogens with one attached hydrogen (secondary N) is 1. The van der Waals surface area contributed by atoms with E-state index >= 15 is 0 Å². The van der Waals surface area contributed by atoms with Gasteiger partial charge in [0.05, 0.1) is 16.9 Å². The van der Waals surface area contributed by atoms with E-state index in [1.165, 1.54) is 23.9 Å². The molecular weight excluding hydrogens is 450 g/mol. The number of benzene rings is 3. The van der Waals surface area contributed by atoms with Gasteiger partial charge in [-0.3, -0.25) is 14.9 Å². The highest BCUT2D eigenvalue weighted by Crippen LogP contribution is 2.19. The van der Waals surface area contributed by atoms with Crippen molar-refractivity contribution in [2.75, 3.05) is 5.75 Å². The van der Waals surface area contributed by atoms with Gasteiger partial charge in [0.2, 0.25) is 5.91 Å². The summed E-state index contributed by atoms with van der Waals surface area (Å²) in [5.74, 6) is 1.13. The van der Waals surface area contributed by atoms with Crippen molar-refractivity contribution >= 4 is 41.2 Å². The van der Waals surface area contributed by atoms with Crippen LogP contribution in [0.15, 0.2) is 77.9 Å². The first-order chi connectivity index (χ1) is 15.5. The number of hydrazone groups is 1. The fourth-order valence-corrected chi connectivity index (χ4v) is 3.62. The average molecular weight is 470 g/mol. The first-order valence-corrected chi connectivity index (χ1v) is 11.1. The molecule has 0 bridgehead atoms. The Morgan fingerprint density at radius 1 is 1.12 bits per heavy atom. The molecule has 3 aromatic rings. The molecule has 0 heterocycles. The van der Waals surface area contributed by atoms with Gasteiger partial charge in [0.1, 0.15) is 12.4 Å². The Hall–Kier alpha value is -3.36. The van der Waals surface area contributed by atoms with Crippen molar-refractivity contribution in [3.63, 3.8) is 0 Å². The summed E-state index contributed by atoms with van der Waals surface area (Å²) >= 11 is 7.47. The van der Waals surface area contributed by atoms with Crippen LogP contribution in [0.2, 0.25) is 5.02 Å². The van der Waals surface area contributed by atoms with E-state index in [0.717, 1.165) is 16.7 Å². The van der Waals surface area contributed by atoms with Crippen molar-refractivity contribution in [1.82, 2.24) is 5.43 Å². The minimum Gasteiger partial charge on any atom is -0.489 e. The van der Waals surface area contributed by atoms with Crippen LogP contribution in [0, 0.1) is 10.1 Å². The van der Waals surface area contributed by atoms with Gasteiger partial charge in [-0.1, -0.05) is 41.9 Å². The molecule has 0 aliphatic heterocycles. The minimum atomic E-state index is -0.437. The van der Waals surface area contributed by atoms with E-state index in [1.807, 2.05) is 48.5 Å². The Balaban J connectivity index is 1.39. The SMILES string of the molecule is O=C(CSCc1cccc([N+](=O)[O-])c1)N/N=C\c1ccc(OCc2ccccc2Cl)cc1. The highest BCUT2D eigenvalue weighted by atomic mass is 35.5. The number of amides is 1. The second-order valence-electron chi connectivity index (χ2n) is 6.66. The largest absolute Gasteiger partial charge is 0.489 e. The smallest absolute Gasteiger partial charge is 0.269 e. The lowest BCUT2D eigenvalue weighted by molar-refractivity contribution is -0.384. The monoisotopic (exact) mass is 469 g/mol. The average Bonchev–Trinajstić information content (AvgIpc) is 2.79. The summed E-state index contributed by atoms with van der Waals surface area (Å²) in [7, 11) is 0. The summed E-state index contributed by atoms with van der Waals surface area (Å²) in [6.07, 6.45) is 1.54. The zero-order valence-electron chi connectivity index (χ0n) is 16.9. The number of carbonyl (C=O) groups is 1. The van der Waals surface area contributed by atoms with Crippen LogP contribution in [0.5, 0.6) is 5.75 Å². The van der Waals surface area contributed by atoms with E-state index in [2.05, 4.69) is 10.5 Å². The van der Waals surface area contributed by atoms with Gasteiger partial charge >= 0.3 is 0 Å². The number of nitro benzene ring substituents is 1. The number of nitro groups is 1. The van der Waals surface area contributed by atoms with E-state index < -0.39 is 4.92 Å². The van der Waals surface area contributed by atoms with Gasteiger partial charge < -0.3 is 4.74 Å². The molecule has 0 unspecified atom stereocenters. The molecule has 0 aliphatic carbocycles. The Morgan fingerprint density at radius 2 is 1.91 bits per heavy atom. The van der Waals surface area contributed by atoms with Crippen LogP contribution < -0.4 is 10.2 Å². The van der Waals surface area contributed by atoms with Crippen molar-refractivity contribution in [3.05, 3.63) is 105 Å². The molecule has 3 aromatic carbocycles. The quantitative estimate of drug-likeness (QED) is 0.250. The number of carbonyl (C=O) groups excluding carboxylic acids is 1. The van der Waals surface area contributed by atoms with Gasteiger partial charge in [-0.05, 0) is 41.5 Å². The standard InChI is InChI=1S/C23H20ClN3O4S/c24-22-7-2-1-5-19(22)14-31-21-10-8-17(9-11-21)13-25-26-23(28)16-32-15-18-4-3-6-20(12-18)27(29)30/h1-13H,14-16H2,(H,26,28)/b25-13-. The fraction of sp³-hybridized carbons (Fsp3) is 0.130. The summed E-state index contributed by atoms with van der Waals surface area (Å²) in [6, 6.07) is 21.2. The summed E-state index contributed by atoms with van der Waals surface area (Å²) in [5, 5.41) is 15.4. The first-order valence-electron chi connectivity index (χ1n) is 9.60. The molecule has 9 heteroatoms. The topological polar surface area (TPSA) is 93.8 Å². The number of ether oxygens (including phenoxy) is 1. The van der Waals surface area contributed by atoms with Crippen molar-refractivity contribution in [2.45, 2.75) is 12.4 Å². The fourth-order valence-electron chi connectivity index (χ4n) is 2.66. The normalized spacial score (nSPS) is 10.8. The van der Waals surface area contributed by atoms with Crippen LogP contribution in [0.25, 0.3) is 0 Å². The van der Waals surface area contributed by atoms with Crippen LogP contribution in [-0.4, -0.2) is 22.8 Å². The molecule has 0 aliphatic rings. The van der Waals surface area contributed by atoms with Crippen molar-refractivity contribution in [3.8, 4) is 5.75 Å². The minimum absolute atomic E-state index is 0.0393. The summed E-state index contributed by atoms with van der Waals surface area (Å²) < 4.78 is 5.73. The number of hydrogen-bond donors (Lipinski definition) is 1. The highest BCUT2D eigenvalue weighted by Gasteiger charge is 2.07. The van der Waals surface area contributed by atoms with Gasteiger partial charge in [-0.25, -0.2) is 5.43 Å². The first kappa shape index (κ1) is 23.3. The van der Waals surface area contributed by atoms with Crippen molar-refractivity contribution in [1.29, 1.82) is 0 Å². The predicted molar refractivity (Wildman–Crippen MR) is 127 cm³/mol. The lowest BCUT2D eigenvalue weighted by Crippen LogP contribution is -2.19. The predicted octanol–water partition coefficient (Wildman–Crippen LogP) is 5.21. The van der Waals surface area contributed by atoms with E-state index in [1.54, 1.807) is 18.3 Å².